The van der Waals surface area contributed by atoms with Crippen molar-refractivity contribution in [2.75, 3.05) is 38.7 Å². The van der Waals surface area contributed by atoms with Crippen LogP contribution in [-0.2, 0) is 19.6 Å². The first kappa shape index (κ1) is 12.8. The van der Waals surface area contributed by atoms with Crippen molar-refractivity contribution in [3.8, 4) is 0 Å². The van der Waals surface area contributed by atoms with Crippen molar-refractivity contribution in [1.82, 2.24) is 0 Å². The summed E-state index contributed by atoms with van der Waals surface area (Å²) in [6, 6.07) is 0. The van der Waals surface area contributed by atoms with Crippen LogP contribution >= 0.6 is 0 Å². The molecule has 3 N–H and O–H groups in total. The first-order valence-corrected chi connectivity index (χ1v) is 5.48. The van der Waals surface area contributed by atoms with E-state index in [4.69, 9.17) is 19.8 Å². The zero-order valence-electron chi connectivity index (χ0n) is 7.31. The molecule has 0 atom stereocenters. The van der Waals surface area contributed by atoms with E-state index in [0.29, 0.717) is 26.4 Å². The highest BCUT2D eigenvalue weighted by Gasteiger charge is 2.02. The minimum absolute atomic E-state index is 0.0230. The van der Waals surface area contributed by atoms with Crippen LogP contribution in [0.4, 0.5) is 0 Å². The lowest BCUT2D eigenvalue weighted by Crippen LogP contribution is -2.15. The zero-order valence-corrected chi connectivity index (χ0v) is 8.12. The Morgan fingerprint density at radius 1 is 1.08 bits per heavy atom. The molecule has 80 valence electrons. The van der Waals surface area contributed by atoms with Crippen molar-refractivity contribution < 1.29 is 22.4 Å². The van der Waals surface area contributed by atoms with Crippen molar-refractivity contribution in [1.29, 1.82) is 0 Å². The third-order valence-electron chi connectivity index (χ3n) is 1.12. The number of hydrogen-bond acceptors (Lipinski definition) is 5. The average Bonchev–Trinajstić information content (AvgIpc) is 2.01. The molecule has 7 heteroatoms. The summed E-state index contributed by atoms with van der Waals surface area (Å²) < 4.78 is 38.5. The molecule has 6 nitrogen and oxygen atoms in total. The Hall–Kier alpha value is -0.210. The fourth-order valence-corrected chi connectivity index (χ4v) is 0.898. The van der Waals surface area contributed by atoms with E-state index in [1.807, 2.05) is 0 Å². The van der Waals surface area contributed by atoms with Crippen LogP contribution in [0.3, 0.4) is 0 Å². The van der Waals surface area contributed by atoms with Crippen LogP contribution in [0.1, 0.15) is 0 Å². The van der Waals surface area contributed by atoms with Crippen molar-refractivity contribution >= 4 is 10.1 Å². The highest BCUT2D eigenvalue weighted by atomic mass is 32.2. The number of nitrogens with two attached hydrogens (primary N) is 1. The number of hydrogen-bond donors (Lipinski definition) is 2. The van der Waals surface area contributed by atoms with Crippen LogP contribution in [-0.4, -0.2) is 51.7 Å². The quantitative estimate of drug-likeness (QED) is 0.391. The molecular weight excluding hydrogens is 198 g/mol. The first-order chi connectivity index (χ1) is 6.06. The van der Waals surface area contributed by atoms with Gasteiger partial charge < -0.3 is 15.2 Å². The Bertz CT molecular complexity index is 203. The summed E-state index contributed by atoms with van der Waals surface area (Å²) in [7, 11) is -3.91. The lowest BCUT2D eigenvalue weighted by molar-refractivity contribution is 0.0564. The molecule has 0 saturated heterocycles. The topological polar surface area (TPSA) is 98.9 Å². The van der Waals surface area contributed by atoms with Gasteiger partial charge in [0.05, 0.1) is 32.2 Å². The normalized spacial score (nSPS) is 11.8. The Kier molecular flexibility index (Phi) is 7.10. The predicted molar refractivity (Wildman–Crippen MR) is 47.1 cm³/mol. The summed E-state index contributed by atoms with van der Waals surface area (Å²) in [6.07, 6.45) is 0. The van der Waals surface area contributed by atoms with E-state index in [1.54, 1.807) is 0 Å². The summed E-state index contributed by atoms with van der Waals surface area (Å²) in [5.41, 5.74) is 5.15. The van der Waals surface area contributed by atoms with E-state index in [2.05, 4.69) is 0 Å². The summed E-state index contributed by atoms with van der Waals surface area (Å²) in [5, 5.41) is 0. The third-order valence-corrected chi connectivity index (χ3v) is 1.80. The Balaban J connectivity index is 3.09. The van der Waals surface area contributed by atoms with Gasteiger partial charge in [-0.1, -0.05) is 0 Å². The predicted octanol–water partition coefficient (Wildman–Crippen LogP) is -1.13. The van der Waals surface area contributed by atoms with Gasteiger partial charge in [0, 0.05) is 6.54 Å². The van der Waals surface area contributed by atoms with Gasteiger partial charge in [-0.15, -0.1) is 0 Å². The maximum Gasteiger partial charge on any atom is 0.267 e. The van der Waals surface area contributed by atoms with Crippen LogP contribution in [0.15, 0.2) is 0 Å². The Morgan fingerprint density at radius 3 is 2.08 bits per heavy atom. The molecule has 0 aromatic rings. The second-order valence-corrected chi connectivity index (χ2v) is 3.87. The van der Waals surface area contributed by atoms with E-state index < -0.39 is 10.1 Å². The maximum atomic E-state index is 10.2. The summed E-state index contributed by atoms with van der Waals surface area (Å²) >= 11 is 0. The molecule has 0 radical (unpaired) electrons. The van der Waals surface area contributed by atoms with Crippen LogP contribution in [0.2, 0.25) is 0 Å². The van der Waals surface area contributed by atoms with E-state index in [0.717, 1.165) is 0 Å². The Morgan fingerprint density at radius 2 is 1.62 bits per heavy atom. The van der Waals surface area contributed by atoms with Crippen molar-refractivity contribution in [3.63, 3.8) is 0 Å². The molecule has 0 rings (SSSR count). The molecule has 0 unspecified atom stereocenters. The molecule has 0 aliphatic heterocycles. The van der Waals surface area contributed by atoms with E-state index in [-0.39, 0.29) is 12.4 Å². The van der Waals surface area contributed by atoms with Crippen molar-refractivity contribution in [3.05, 3.63) is 0 Å². The van der Waals surface area contributed by atoms with Gasteiger partial charge in [0.25, 0.3) is 10.1 Å². The number of rotatable bonds is 8. The minimum Gasteiger partial charge on any atom is -0.378 e. The van der Waals surface area contributed by atoms with E-state index in [9.17, 15) is 8.42 Å². The molecule has 0 amide bonds. The lowest BCUT2D eigenvalue weighted by Gasteiger charge is -2.03. The molecule has 0 heterocycles. The summed E-state index contributed by atoms with van der Waals surface area (Å²) in [4.78, 5) is 0. The minimum atomic E-state index is -3.91. The zero-order chi connectivity index (χ0) is 10.2. The fourth-order valence-electron chi connectivity index (χ4n) is 0.570. The number of ether oxygens (including phenoxy) is 2. The molecule has 0 aliphatic rings. The molecule has 0 saturated carbocycles. The molecule has 0 aromatic heterocycles. The molecule has 0 bridgehead atoms. The van der Waals surface area contributed by atoms with Gasteiger partial charge in [0.2, 0.25) is 0 Å². The largest absolute Gasteiger partial charge is 0.378 e. The molecule has 0 fully saturated rings. The average molecular weight is 213 g/mol. The van der Waals surface area contributed by atoms with E-state index in [1.165, 1.54) is 0 Å². The molecule has 0 aromatic carbocycles. The van der Waals surface area contributed by atoms with Gasteiger partial charge in [0.1, 0.15) is 0 Å². The van der Waals surface area contributed by atoms with Crippen LogP contribution in [0, 0.1) is 0 Å². The standard InChI is InChI=1S/C6H15NO5S/c7-1-2-11-3-4-12-5-6-13(8,9)10/h1-7H2,(H,8,9,10). The van der Waals surface area contributed by atoms with Gasteiger partial charge in [-0.2, -0.15) is 8.42 Å². The van der Waals surface area contributed by atoms with Gasteiger partial charge in [-0.25, -0.2) is 0 Å². The van der Waals surface area contributed by atoms with Crippen LogP contribution in [0.5, 0.6) is 0 Å². The molecule has 0 aliphatic carbocycles. The van der Waals surface area contributed by atoms with Crippen molar-refractivity contribution in [2.24, 2.45) is 5.73 Å². The monoisotopic (exact) mass is 213 g/mol. The van der Waals surface area contributed by atoms with Crippen molar-refractivity contribution in [2.45, 2.75) is 0 Å². The van der Waals surface area contributed by atoms with Crippen LogP contribution in [0.25, 0.3) is 0 Å². The lowest BCUT2D eigenvalue weighted by atomic mass is 10.7. The summed E-state index contributed by atoms with van der Waals surface area (Å²) in [5.74, 6) is -0.385. The molecule has 13 heavy (non-hydrogen) atoms. The highest BCUT2D eigenvalue weighted by molar-refractivity contribution is 7.85. The van der Waals surface area contributed by atoms with Gasteiger partial charge in [-0.3, -0.25) is 4.55 Å². The second-order valence-electron chi connectivity index (χ2n) is 2.30. The third kappa shape index (κ3) is 11.8. The van der Waals surface area contributed by atoms with Gasteiger partial charge >= 0.3 is 0 Å². The SMILES string of the molecule is NCCOCCOCCS(=O)(=O)O. The smallest absolute Gasteiger partial charge is 0.267 e. The van der Waals surface area contributed by atoms with Gasteiger partial charge in [0.15, 0.2) is 0 Å². The van der Waals surface area contributed by atoms with Gasteiger partial charge in [-0.05, 0) is 0 Å². The molecular formula is C6H15NO5S. The first-order valence-electron chi connectivity index (χ1n) is 3.87. The summed E-state index contributed by atoms with van der Waals surface area (Å²) in [6.45, 7) is 1.57. The van der Waals surface area contributed by atoms with E-state index >= 15 is 0 Å². The Labute approximate surface area is 77.8 Å². The maximum absolute atomic E-state index is 10.2. The fraction of sp³-hybridized carbons (Fsp3) is 1.00. The molecule has 0 spiro atoms. The highest BCUT2D eigenvalue weighted by Crippen LogP contribution is 1.84. The second kappa shape index (κ2) is 7.22. The van der Waals surface area contributed by atoms with Crippen LogP contribution < -0.4 is 5.73 Å².